The molecule has 3 nitrogen and oxygen atoms in total. The normalized spacial score (nSPS) is 16.4. The van der Waals surface area contributed by atoms with Gasteiger partial charge in [-0.05, 0) is 25.0 Å². The third-order valence-electron chi connectivity index (χ3n) is 2.20. The van der Waals surface area contributed by atoms with Crippen LogP contribution in [0.3, 0.4) is 0 Å². The minimum Gasteiger partial charge on any atom is -0.296 e. The smallest absolute Gasteiger partial charge is 0.166 e. The van der Waals surface area contributed by atoms with E-state index in [9.17, 15) is 4.79 Å². The Bertz CT molecular complexity index is 342. The summed E-state index contributed by atoms with van der Waals surface area (Å²) >= 11 is 0. The summed E-state index contributed by atoms with van der Waals surface area (Å²) < 4.78 is 0. The Labute approximate surface area is 82.8 Å². The first-order chi connectivity index (χ1) is 6.90. The molecule has 1 aliphatic carbocycles. The summed E-state index contributed by atoms with van der Waals surface area (Å²) in [6.45, 7) is 0. The van der Waals surface area contributed by atoms with E-state index in [1.807, 2.05) is 30.3 Å². The molecule has 1 fully saturated rings. The van der Waals surface area contributed by atoms with Crippen molar-refractivity contribution in [2.24, 2.45) is 11.0 Å². The number of para-hydroxylation sites is 1. The molecule has 3 heteroatoms. The molecule has 2 rings (SSSR count). The Morgan fingerprint density at radius 2 is 2.07 bits per heavy atom. The predicted octanol–water partition coefficient (Wildman–Crippen LogP) is 2.06. The highest BCUT2D eigenvalue weighted by atomic mass is 16.1. The predicted molar refractivity (Wildman–Crippen MR) is 56.3 cm³/mol. The van der Waals surface area contributed by atoms with Gasteiger partial charge in [0.1, 0.15) is 5.71 Å². The van der Waals surface area contributed by atoms with E-state index in [4.69, 9.17) is 0 Å². The Morgan fingerprint density at radius 1 is 1.36 bits per heavy atom. The van der Waals surface area contributed by atoms with Crippen LogP contribution in [0.15, 0.2) is 35.4 Å². The lowest BCUT2D eigenvalue weighted by molar-refractivity contribution is -0.102. The number of carbonyl (C=O) groups excluding carboxylic acids is 1. The number of hydrogen-bond donors (Lipinski definition) is 1. The van der Waals surface area contributed by atoms with E-state index in [1.165, 1.54) is 0 Å². The lowest BCUT2D eigenvalue weighted by Crippen LogP contribution is -2.05. The SMILES string of the molecule is O=C/C(=N\Nc1ccccc1)C1CC1. The van der Waals surface area contributed by atoms with Gasteiger partial charge in [0.2, 0.25) is 0 Å². The maximum absolute atomic E-state index is 10.6. The van der Waals surface area contributed by atoms with Gasteiger partial charge in [-0.25, -0.2) is 0 Å². The van der Waals surface area contributed by atoms with E-state index in [0.717, 1.165) is 24.8 Å². The molecule has 0 heterocycles. The summed E-state index contributed by atoms with van der Waals surface area (Å²) in [6, 6.07) is 9.62. The van der Waals surface area contributed by atoms with Crippen LogP contribution < -0.4 is 5.43 Å². The molecule has 1 N–H and O–H groups in total. The van der Waals surface area contributed by atoms with E-state index >= 15 is 0 Å². The van der Waals surface area contributed by atoms with Crippen LogP contribution >= 0.6 is 0 Å². The Balaban J connectivity index is 2.00. The topological polar surface area (TPSA) is 41.5 Å². The molecular weight excluding hydrogens is 176 g/mol. The Kier molecular flexibility index (Phi) is 2.58. The second-order valence-corrected chi connectivity index (χ2v) is 3.41. The number of nitrogens with one attached hydrogen (secondary N) is 1. The average Bonchev–Trinajstić information content (AvgIpc) is 3.05. The highest BCUT2D eigenvalue weighted by Crippen LogP contribution is 2.29. The fourth-order valence-electron chi connectivity index (χ4n) is 1.23. The number of rotatable bonds is 4. The van der Waals surface area contributed by atoms with Crippen LogP contribution in [0.1, 0.15) is 12.8 Å². The molecule has 0 spiro atoms. The van der Waals surface area contributed by atoms with Gasteiger partial charge in [0.05, 0.1) is 5.69 Å². The zero-order chi connectivity index (χ0) is 9.80. The first-order valence-electron chi connectivity index (χ1n) is 4.74. The standard InChI is InChI=1S/C11H12N2O/c14-8-11(9-6-7-9)13-12-10-4-2-1-3-5-10/h1-5,8-9,12H,6-7H2/b13-11+. The van der Waals surface area contributed by atoms with Crippen LogP contribution in [0.2, 0.25) is 0 Å². The van der Waals surface area contributed by atoms with Gasteiger partial charge in [0, 0.05) is 5.92 Å². The number of aldehydes is 1. The van der Waals surface area contributed by atoms with E-state index in [0.29, 0.717) is 11.6 Å². The second-order valence-electron chi connectivity index (χ2n) is 3.41. The molecule has 72 valence electrons. The fourth-order valence-corrected chi connectivity index (χ4v) is 1.23. The van der Waals surface area contributed by atoms with Crippen LogP contribution in [0, 0.1) is 5.92 Å². The number of nitrogens with zero attached hydrogens (tertiary/aromatic N) is 1. The zero-order valence-corrected chi connectivity index (χ0v) is 7.81. The number of hydrazone groups is 1. The molecule has 1 saturated carbocycles. The maximum atomic E-state index is 10.6. The molecule has 0 saturated heterocycles. The molecule has 14 heavy (non-hydrogen) atoms. The third kappa shape index (κ3) is 2.19. The van der Waals surface area contributed by atoms with Crippen molar-refractivity contribution in [2.75, 3.05) is 5.43 Å². The van der Waals surface area contributed by atoms with Crippen molar-refractivity contribution >= 4 is 17.7 Å². The van der Waals surface area contributed by atoms with Crippen molar-refractivity contribution < 1.29 is 4.79 Å². The number of benzene rings is 1. The minimum atomic E-state index is 0.392. The minimum absolute atomic E-state index is 0.392. The highest BCUT2D eigenvalue weighted by molar-refractivity contribution is 6.30. The van der Waals surface area contributed by atoms with Crippen LogP contribution in [-0.4, -0.2) is 12.0 Å². The van der Waals surface area contributed by atoms with Crippen LogP contribution in [0.4, 0.5) is 5.69 Å². The molecule has 0 radical (unpaired) electrons. The number of anilines is 1. The van der Waals surface area contributed by atoms with Gasteiger partial charge < -0.3 is 0 Å². The molecule has 1 aromatic rings. The molecule has 0 unspecified atom stereocenters. The molecule has 0 atom stereocenters. The van der Waals surface area contributed by atoms with Crippen molar-refractivity contribution in [1.82, 2.24) is 0 Å². The molecular formula is C11H12N2O. The summed E-state index contributed by atoms with van der Waals surface area (Å²) in [5, 5.41) is 4.07. The third-order valence-corrected chi connectivity index (χ3v) is 2.20. The van der Waals surface area contributed by atoms with E-state index < -0.39 is 0 Å². The summed E-state index contributed by atoms with van der Waals surface area (Å²) in [5.41, 5.74) is 4.42. The van der Waals surface area contributed by atoms with Gasteiger partial charge in [-0.1, -0.05) is 18.2 Å². The average molecular weight is 188 g/mol. The lowest BCUT2D eigenvalue weighted by atomic mass is 10.3. The largest absolute Gasteiger partial charge is 0.296 e. The van der Waals surface area contributed by atoms with Crippen molar-refractivity contribution in [3.63, 3.8) is 0 Å². The van der Waals surface area contributed by atoms with E-state index in [2.05, 4.69) is 10.5 Å². The van der Waals surface area contributed by atoms with Crippen LogP contribution in [0.5, 0.6) is 0 Å². The first kappa shape index (κ1) is 8.94. The van der Waals surface area contributed by atoms with E-state index in [-0.39, 0.29) is 0 Å². The quantitative estimate of drug-likeness (QED) is 0.446. The van der Waals surface area contributed by atoms with Gasteiger partial charge >= 0.3 is 0 Å². The fraction of sp³-hybridized carbons (Fsp3) is 0.273. The monoisotopic (exact) mass is 188 g/mol. The molecule has 0 aliphatic heterocycles. The molecule has 0 amide bonds. The zero-order valence-electron chi connectivity index (χ0n) is 7.81. The Hall–Kier alpha value is -1.64. The van der Waals surface area contributed by atoms with Gasteiger partial charge in [-0.15, -0.1) is 0 Å². The van der Waals surface area contributed by atoms with Crippen LogP contribution in [-0.2, 0) is 4.79 Å². The van der Waals surface area contributed by atoms with Gasteiger partial charge in [0.25, 0.3) is 0 Å². The summed E-state index contributed by atoms with van der Waals surface area (Å²) in [7, 11) is 0. The van der Waals surface area contributed by atoms with Crippen molar-refractivity contribution in [1.29, 1.82) is 0 Å². The molecule has 1 aromatic carbocycles. The van der Waals surface area contributed by atoms with Crippen molar-refractivity contribution in [3.05, 3.63) is 30.3 Å². The molecule has 0 aromatic heterocycles. The second kappa shape index (κ2) is 4.05. The van der Waals surface area contributed by atoms with Crippen LogP contribution in [0.25, 0.3) is 0 Å². The van der Waals surface area contributed by atoms with Crippen molar-refractivity contribution in [2.45, 2.75) is 12.8 Å². The summed E-state index contributed by atoms with van der Waals surface area (Å²) in [5.74, 6) is 0.392. The lowest BCUT2D eigenvalue weighted by Gasteiger charge is -2.00. The Morgan fingerprint density at radius 3 is 2.64 bits per heavy atom. The van der Waals surface area contributed by atoms with E-state index in [1.54, 1.807) is 0 Å². The number of hydrogen-bond acceptors (Lipinski definition) is 3. The number of carbonyl (C=O) groups is 1. The molecule has 1 aliphatic rings. The van der Waals surface area contributed by atoms with Gasteiger partial charge in [-0.2, -0.15) is 5.10 Å². The highest BCUT2D eigenvalue weighted by Gasteiger charge is 2.27. The maximum Gasteiger partial charge on any atom is 0.166 e. The summed E-state index contributed by atoms with van der Waals surface area (Å²) in [4.78, 5) is 10.6. The van der Waals surface area contributed by atoms with Gasteiger partial charge in [0.15, 0.2) is 6.29 Å². The summed E-state index contributed by atoms with van der Waals surface area (Å²) in [6.07, 6.45) is 3.02. The first-order valence-corrected chi connectivity index (χ1v) is 4.74. The molecule has 0 bridgehead atoms. The van der Waals surface area contributed by atoms with Crippen molar-refractivity contribution in [3.8, 4) is 0 Å². The van der Waals surface area contributed by atoms with Gasteiger partial charge in [-0.3, -0.25) is 10.2 Å².